The summed E-state index contributed by atoms with van der Waals surface area (Å²) < 4.78 is 40.4. The third-order valence-electron chi connectivity index (χ3n) is 5.65. The summed E-state index contributed by atoms with van der Waals surface area (Å²) in [6, 6.07) is 15.5. The molecule has 2 unspecified atom stereocenters. The highest BCUT2D eigenvalue weighted by atomic mass is 32.2. The van der Waals surface area contributed by atoms with Crippen LogP contribution in [0.1, 0.15) is 17.9 Å². The van der Waals surface area contributed by atoms with Crippen LogP contribution in [0.4, 0.5) is 9.18 Å². The van der Waals surface area contributed by atoms with Gasteiger partial charge in [0.1, 0.15) is 10.7 Å². The molecule has 1 saturated carbocycles. The minimum absolute atomic E-state index is 0.153. The number of nitrogens with one attached hydrogen (secondary N) is 1. The molecule has 0 bridgehead atoms. The van der Waals surface area contributed by atoms with Gasteiger partial charge in [-0.1, -0.05) is 42.5 Å². The van der Waals surface area contributed by atoms with Crippen LogP contribution in [0.25, 0.3) is 0 Å². The monoisotopic (exact) mass is 417 g/mol. The summed E-state index contributed by atoms with van der Waals surface area (Å²) >= 11 is 0. The lowest BCUT2D eigenvalue weighted by Crippen LogP contribution is -2.53. The van der Waals surface area contributed by atoms with Gasteiger partial charge in [0.15, 0.2) is 0 Å². The van der Waals surface area contributed by atoms with Crippen LogP contribution in [0.2, 0.25) is 0 Å². The Bertz CT molecular complexity index is 976. The van der Waals surface area contributed by atoms with Gasteiger partial charge in [0, 0.05) is 32.7 Å². The number of benzene rings is 2. The zero-order valence-corrected chi connectivity index (χ0v) is 16.8. The number of halogens is 1. The number of sulfonamides is 1. The number of nitrogens with zero attached hydrogens (tertiary/aromatic N) is 2. The van der Waals surface area contributed by atoms with E-state index in [1.165, 1.54) is 28.1 Å². The second kappa shape index (κ2) is 8.12. The summed E-state index contributed by atoms with van der Waals surface area (Å²) in [5.41, 5.74) is 1.30. The molecule has 1 heterocycles. The number of urea groups is 1. The third-order valence-corrected chi connectivity index (χ3v) is 7.58. The van der Waals surface area contributed by atoms with E-state index in [1.54, 1.807) is 4.90 Å². The number of rotatable bonds is 5. The second-order valence-corrected chi connectivity index (χ2v) is 9.43. The Hall–Kier alpha value is -2.45. The van der Waals surface area contributed by atoms with Crippen LogP contribution in [0.5, 0.6) is 0 Å². The van der Waals surface area contributed by atoms with E-state index in [4.69, 9.17) is 0 Å². The Morgan fingerprint density at radius 2 is 1.66 bits per heavy atom. The highest BCUT2D eigenvalue weighted by molar-refractivity contribution is 7.89. The zero-order valence-electron chi connectivity index (χ0n) is 16.0. The number of carbonyl (C=O) groups is 1. The average molecular weight is 418 g/mol. The molecule has 154 valence electrons. The minimum Gasteiger partial charge on any atom is -0.338 e. The molecule has 1 saturated heterocycles. The lowest BCUT2D eigenvalue weighted by molar-refractivity contribution is 0.172. The van der Waals surface area contributed by atoms with Crippen molar-refractivity contribution in [3.05, 3.63) is 66.0 Å². The summed E-state index contributed by atoms with van der Waals surface area (Å²) in [5, 5.41) is 2.97. The highest BCUT2D eigenvalue weighted by Gasteiger charge is 2.38. The molecule has 29 heavy (non-hydrogen) atoms. The molecule has 6 nitrogen and oxygen atoms in total. The highest BCUT2D eigenvalue weighted by Crippen LogP contribution is 2.46. The minimum atomic E-state index is -3.90. The van der Waals surface area contributed by atoms with Gasteiger partial charge >= 0.3 is 6.03 Å². The summed E-state index contributed by atoms with van der Waals surface area (Å²) in [4.78, 5) is 13.7. The quantitative estimate of drug-likeness (QED) is 0.813. The van der Waals surface area contributed by atoms with Crippen molar-refractivity contribution in [2.24, 2.45) is 5.92 Å². The van der Waals surface area contributed by atoms with Gasteiger partial charge in [0.05, 0.1) is 0 Å². The number of hydrogen-bond donors (Lipinski definition) is 1. The van der Waals surface area contributed by atoms with Crippen molar-refractivity contribution in [3.8, 4) is 0 Å². The molecule has 2 atom stereocenters. The fourth-order valence-corrected chi connectivity index (χ4v) is 5.32. The fraction of sp³-hybridized carbons (Fsp3) is 0.381. The number of carbonyl (C=O) groups excluding carboxylic acids is 1. The topological polar surface area (TPSA) is 69.7 Å². The first-order valence-electron chi connectivity index (χ1n) is 9.79. The molecule has 2 fully saturated rings. The molecule has 0 spiro atoms. The van der Waals surface area contributed by atoms with E-state index >= 15 is 0 Å². The van der Waals surface area contributed by atoms with Crippen LogP contribution >= 0.6 is 0 Å². The SMILES string of the molecule is O=C(NCC1CC1c1ccccc1)N1CCN(S(=O)(=O)c2ccccc2F)CC1. The Morgan fingerprint density at radius 3 is 2.34 bits per heavy atom. The average Bonchev–Trinajstić information content (AvgIpc) is 3.53. The van der Waals surface area contributed by atoms with E-state index in [1.807, 2.05) is 18.2 Å². The van der Waals surface area contributed by atoms with Crippen LogP contribution in [0.3, 0.4) is 0 Å². The lowest BCUT2D eigenvalue weighted by Gasteiger charge is -2.34. The Kier molecular flexibility index (Phi) is 5.56. The first kappa shape index (κ1) is 19.8. The molecule has 0 radical (unpaired) electrons. The summed E-state index contributed by atoms with van der Waals surface area (Å²) in [7, 11) is -3.90. The van der Waals surface area contributed by atoms with Gasteiger partial charge in [-0.15, -0.1) is 0 Å². The van der Waals surface area contributed by atoms with E-state index in [2.05, 4.69) is 17.4 Å². The van der Waals surface area contributed by atoms with E-state index in [-0.39, 0.29) is 37.1 Å². The van der Waals surface area contributed by atoms with Crippen LogP contribution in [-0.2, 0) is 10.0 Å². The van der Waals surface area contributed by atoms with Crippen molar-refractivity contribution >= 4 is 16.1 Å². The van der Waals surface area contributed by atoms with Gasteiger partial charge in [-0.05, 0) is 36.0 Å². The standard InChI is InChI=1S/C21H24FN3O3S/c22-19-8-4-5-9-20(19)29(27,28)25-12-10-24(11-13-25)21(26)23-15-17-14-18(17)16-6-2-1-3-7-16/h1-9,17-18H,10-15H2,(H,23,26). The van der Waals surface area contributed by atoms with Gasteiger partial charge in [-0.25, -0.2) is 17.6 Å². The van der Waals surface area contributed by atoms with Gasteiger partial charge in [0.2, 0.25) is 10.0 Å². The summed E-state index contributed by atoms with van der Waals surface area (Å²) in [5.74, 6) is 0.188. The molecule has 2 amide bonds. The molecule has 4 rings (SSSR count). The van der Waals surface area contributed by atoms with Gasteiger partial charge in [0.25, 0.3) is 0 Å². The molecule has 2 aromatic carbocycles. The van der Waals surface area contributed by atoms with Gasteiger partial charge in [-0.3, -0.25) is 0 Å². The predicted molar refractivity (Wildman–Crippen MR) is 107 cm³/mol. The van der Waals surface area contributed by atoms with E-state index in [9.17, 15) is 17.6 Å². The van der Waals surface area contributed by atoms with E-state index in [0.29, 0.717) is 18.4 Å². The second-order valence-electron chi connectivity index (χ2n) is 7.52. The first-order valence-corrected chi connectivity index (χ1v) is 11.2. The molecular formula is C21H24FN3O3S. The smallest absolute Gasteiger partial charge is 0.317 e. The predicted octanol–water partition coefficient (Wildman–Crippen LogP) is 2.65. The van der Waals surface area contributed by atoms with Crippen molar-refractivity contribution in [2.45, 2.75) is 17.2 Å². The lowest BCUT2D eigenvalue weighted by atomic mass is 10.1. The number of piperazine rings is 1. The summed E-state index contributed by atoms with van der Waals surface area (Å²) in [6.07, 6.45) is 1.07. The fourth-order valence-electron chi connectivity index (χ4n) is 3.84. The number of amides is 2. The largest absolute Gasteiger partial charge is 0.338 e. The van der Waals surface area contributed by atoms with E-state index in [0.717, 1.165) is 12.5 Å². The van der Waals surface area contributed by atoms with Crippen LogP contribution < -0.4 is 5.32 Å². The molecule has 1 aliphatic carbocycles. The van der Waals surface area contributed by atoms with Crippen molar-refractivity contribution in [2.75, 3.05) is 32.7 Å². The molecule has 1 aliphatic heterocycles. The maximum Gasteiger partial charge on any atom is 0.317 e. The molecule has 0 aromatic heterocycles. The zero-order chi connectivity index (χ0) is 20.4. The van der Waals surface area contributed by atoms with Crippen molar-refractivity contribution in [1.82, 2.24) is 14.5 Å². The maximum absolute atomic E-state index is 13.9. The van der Waals surface area contributed by atoms with Crippen LogP contribution in [0.15, 0.2) is 59.5 Å². The van der Waals surface area contributed by atoms with Gasteiger partial charge in [-0.2, -0.15) is 4.31 Å². The number of hydrogen-bond acceptors (Lipinski definition) is 3. The Balaban J connectivity index is 1.27. The first-order chi connectivity index (χ1) is 14.0. The maximum atomic E-state index is 13.9. The molecule has 2 aromatic rings. The van der Waals surface area contributed by atoms with Gasteiger partial charge < -0.3 is 10.2 Å². The van der Waals surface area contributed by atoms with Crippen molar-refractivity contribution in [1.29, 1.82) is 0 Å². The van der Waals surface area contributed by atoms with Crippen molar-refractivity contribution < 1.29 is 17.6 Å². The third kappa shape index (κ3) is 4.28. The van der Waals surface area contributed by atoms with E-state index < -0.39 is 15.8 Å². The Morgan fingerprint density at radius 1 is 1.00 bits per heavy atom. The van der Waals surface area contributed by atoms with Crippen LogP contribution in [-0.4, -0.2) is 56.4 Å². The molecule has 8 heteroatoms. The summed E-state index contributed by atoms with van der Waals surface area (Å²) in [6.45, 7) is 1.49. The Labute approximate surface area is 170 Å². The molecular weight excluding hydrogens is 393 g/mol. The molecule has 1 N–H and O–H groups in total. The van der Waals surface area contributed by atoms with Crippen molar-refractivity contribution in [3.63, 3.8) is 0 Å². The molecule has 2 aliphatic rings. The normalized spacial score (nSPS) is 22.3. The van der Waals surface area contributed by atoms with Crippen LogP contribution in [0, 0.1) is 11.7 Å².